The van der Waals surface area contributed by atoms with Crippen LogP contribution in [0.4, 0.5) is 11.4 Å². The normalized spacial score (nSPS) is 16.6. The second kappa shape index (κ2) is 4.89. The number of hydrogen-bond donors (Lipinski definition) is 2. The first kappa shape index (κ1) is 12.0. The second-order valence-electron chi connectivity index (χ2n) is 4.73. The lowest BCUT2D eigenvalue weighted by Gasteiger charge is -2.26. The third kappa shape index (κ3) is 2.15. The standard InChI is InChI=1S/C13H17N5O/c14-10-1-2-11(15)13(18-8-16-7-17-18)12(10)9-3-5-19-6-4-9/h1-2,7-9H,3-6,14-15H2. The van der Waals surface area contributed by atoms with Crippen molar-refractivity contribution in [1.82, 2.24) is 14.8 Å². The first-order valence-corrected chi connectivity index (χ1v) is 6.38. The van der Waals surface area contributed by atoms with Crippen molar-refractivity contribution in [2.75, 3.05) is 24.7 Å². The monoisotopic (exact) mass is 259 g/mol. The summed E-state index contributed by atoms with van der Waals surface area (Å²) in [6, 6.07) is 3.68. The fourth-order valence-corrected chi connectivity index (χ4v) is 2.64. The molecule has 1 aromatic heterocycles. The van der Waals surface area contributed by atoms with E-state index in [1.807, 2.05) is 12.1 Å². The van der Waals surface area contributed by atoms with Crippen LogP contribution in [-0.2, 0) is 4.74 Å². The van der Waals surface area contributed by atoms with E-state index in [9.17, 15) is 0 Å². The lowest BCUT2D eigenvalue weighted by Crippen LogP contribution is -2.18. The summed E-state index contributed by atoms with van der Waals surface area (Å²) in [5, 5.41) is 4.18. The molecule has 1 fully saturated rings. The molecule has 0 amide bonds. The third-order valence-electron chi connectivity index (χ3n) is 3.56. The van der Waals surface area contributed by atoms with Crippen LogP contribution >= 0.6 is 0 Å². The molecule has 19 heavy (non-hydrogen) atoms. The van der Waals surface area contributed by atoms with Crippen LogP contribution in [-0.4, -0.2) is 28.0 Å². The number of hydrogen-bond acceptors (Lipinski definition) is 5. The van der Waals surface area contributed by atoms with Gasteiger partial charge in [-0.3, -0.25) is 0 Å². The van der Waals surface area contributed by atoms with E-state index in [2.05, 4.69) is 10.1 Å². The van der Waals surface area contributed by atoms with Crippen LogP contribution in [0.25, 0.3) is 5.69 Å². The highest BCUT2D eigenvalue weighted by Crippen LogP contribution is 2.37. The van der Waals surface area contributed by atoms with Crippen molar-refractivity contribution in [3.63, 3.8) is 0 Å². The van der Waals surface area contributed by atoms with E-state index in [1.54, 1.807) is 11.0 Å². The smallest absolute Gasteiger partial charge is 0.138 e. The maximum absolute atomic E-state index is 6.17. The number of rotatable bonds is 2. The van der Waals surface area contributed by atoms with E-state index in [1.165, 1.54) is 6.33 Å². The Labute approximate surface area is 111 Å². The van der Waals surface area contributed by atoms with Crippen LogP contribution < -0.4 is 11.5 Å². The van der Waals surface area contributed by atoms with Crippen LogP contribution in [0.15, 0.2) is 24.8 Å². The first-order chi connectivity index (χ1) is 9.27. The van der Waals surface area contributed by atoms with Gasteiger partial charge in [-0.1, -0.05) is 0 Å². The number of nitrogens with two attached hydrogens (primary N) is 2. The number of nitrogens with zero attached hydrogens (tertiary/aromatic N) is 3. The van der Waals surface area contributed by atoms with Crippen molar-refractivity contribution in [2.45, 2.75) is 18.8 Å². The first-order valence-electron chi connectivity index (χ1n) is 6.38. The topological polar surface area (TPSA) is 92.0 Å². The average Bonchev–Trinajstić information content (AvgIpc) is 2.96. The van der Waals surface area contributed by atoms with Gasteiger partial charge in [0.2, 0.25) is 0 Å². The van der Waals surface area contributed by atoms with Crippen molar-refractivity contribution < 1.29 is 4.74 Å². The summed E-state index contributed by atoms with van der Waals surface area (Å²) >= 11 is 0. The SMILES string of the molecule is Nc1ccc(N)c(-n2cncn2)c1C1CCOCC1. The zero-order valence-corrected chi connectivity index (χ0v) is 10.6. The summed E-state index contributed by atoms with van der Waals surface area (Å²) in [5.74, 6) is 0.358. The van der Waals surface area contributed by atoms with Crippen LogP contribution in [0.2, 0.25) is 0 Å². The summed E-state index contributed by atoms with van der Waals surface area (Å²) < 4.78 is 7.11. The second-order valence-corrected chi connectivity index (χ2v) is 4.73. The molecule has 3 rings (SSSR count). The molecule has 100 valence electrons. The quantitative estimate of drug-likeness (QED) is 0.794. The summed E-state index contributed by atoms with van der Waals surface area (Å²) in [6.45, 7) is 1.52. The Bertz CT molecular complexity index is 561. The van der Waals surface area contributed by atoms with Crippen molar-refractivity contribution in [2.24, 2.45) is 0 Å². The van der Waals surface area contributed by atoms with Crippen LogP contribution in [0.1, 0.15) is 24.3 Å². The molecule has 4 N–H and O–H groups in total. The van der Waals surface area contributed by atoms with E-state index in [4.69, 9.17) is 16.2 Å². The molecule has 0 spiro atoms. The minimum absolute atomic E-state index is 0.358. The van der Waals surface area contributed by atoms with Crippen molar-refractivity contribution in [3.05, 3.63) is 30.4 Å². The number of ether oxygens (including phenoxy) is 1. The zero-order valence-electron chi connectivity index (χ0n) is 10.6. The maximum Gasteiger partial charge on any atom is 0.138 e. The summed E-state index contributed by atoms with van der Waals surface area (Å²) in [7, 11) is 0. The molecule has 0 aliphatic carbocycles. The Kier molecular flexibility index (Phi) is 3.08. The van der Waals surface area contributed by atoms with Crippen molar-refractivity contribution in [3.8, 4) is 5.69 Å². The van der Waals surface area contributed by atoms with Crippen LogP contribution in [0.5, 0.6) is 0 Å². The molecule has 0 unspecified atom stereocenters. The van der Waals surface area contributed by atoms with Gasteiger partial charge in [0.15, 0.2) is 0 Å². The fraction of sp³-hybridized carbons (Fsp3) is 0.385. The highest BCUT2D eigenvalue weighted by molar-refractivity contribution is 5.71. The Hall–Kier alpha value is -2.08. The third-order valence-corrected chi connectivity index (χ3v) is 3.56. The van der Waals surface area contributed by atoms with Gasteiger partial charge in [0.05, 0.1) is 11.4 Å². The van der Waals surface area contributed by atoms with E-state index < -0.39 is 0 Å². The molecular weight excluding hydrogens is 242 g/mol. The Morgan fingerprint density at radius 3 is 2.58 bits per heavy atom. The Morgan fingerprint density at radius 2 is 1.89 bits per heavy atom. The molecule has 1 aliphatic heterocycles. The van der Waals surface area contributed by atoms with Crippen molar-refractivity contribution >= 4 is 11.4 Å². The molecule has 6 heteroatoms. The van der Waals surface area contributed by atoms with E-state index in [-0.39, 0.29) is 0 Å². The summed E-state index contributed by atoms with van der Waals surface area (Å²) in [6.07, 6.45) is 5.05. The lowest BCUT2D eigenvalue weighted by atomic mass is 9.88. The molecule has 6 nitrogen and oxygen atoms in total. The minimum Gasteiger partial charge on any atom is -0.398 e. The average molecular weight is 259 g/mol. The predicted molar refractivity (Wildman–Crippen MR) is 73.0 cm³/mol. The number of aromatic nitrogens is 3. The zero-order chi connectivity index (χ0) is 13.2. The molecule has 0 saturated carbocycles. The Morgan fingerprint density at radius 1 is 1.16 bits per heavy atom. The highest BCUT2D eigenvalue weighted by atomic mass is 16.5. The van der Waals surface area contributed by atoms with Gasteiger partial charge in [-0.2, -0.15) is 5.10 Å². The van der Waals surface area contributed by atoms with Gasteiger partial charge in [0.1, 0.15) is 12.7 Å². The van der Waals surface area contributed by atoms with Gasteiger partial charge < -0.3 is 16.2 Å². The summed E-state index contributed by atoms with van der Waals surface area (Å²) in [4.78, 5) is 3.99. The van der Waals surface area contributed by atoms with Gasteiger partial charge >= 0.3 is 0 Å². The van der Waals surface area contributed by atoms with E-state index >= 15 is 0 Å². The molecule has 2 heterocycles. The highest BCUT2D eigenvalue weighted by Gasteiger charge is 2.23. The number of benzene rings is 1. The van der Waals surface area contributed by atoms with Gasteiger partial charge in [-0.05, 0) is 30.9 Å². The molecule has 1 aliphatic rings. The number of anilines is 2. The number of nitrogen functional groups attached to an aromatic ring is 2. The van der Waals surface area contributed by atoms with Gasteiger partial charge in [0, 0.05) is 24.5 Å². The van der Waals surface area contributed by atoms with Gasteiger partial charge in [-0.15, -0.1) is 0 Å². The van der Waals surface area contributed by atoms with Gasteiger partial charge in [0.25, 0.3) is 0 Å². The summed E-state index contributed by atoms with van der Waals surface area (Å²) in [5.41, 5.74) is 15.6. The largest absolute Gasteiger partial charge is 0.398 e. The van der Waals surface area contributed by atoms with Crippen LogP contribution in [0, 0.1) is 0 Å². The molecule has 0 atom stereocenters. The lowest BCUT2D eigenvalue weighted by molar-refractivity contribution is 0.0854. The fourth-order valence-electron chi connectivity index (χ4n) is 2.64. The molecule has 1 saturated heterocycles. The van der Waals surface area contributed by atoms with E-state index in [0.717, 1.165) is 43.0 Å². The molecule has 1 aromatic carbocycles. The van der Waals surface area contributed by atoms with E-state index in [0.29, 0.717) is 11.6 Å². The maximum atomic E-state index is 6.17. The van der Waals surface area contributed by atoms with Crippen molar-refractivity contribution in [1.29, 1.82) is 0 Å². The molecule has 0 bridgehead atoms. The predicted octanol–water partition coefficient (Wildman–Crippen LogP) is 1.33. The minimum atomic E-state index is 0.358. The van der Waals surface area contributed by atoms with Crippen LogP contribution in [0.3, 0.4) is 0 Å². The van der Waals surface area contributed by atoms with Gasteiger partial charge in [-0.25, -0.2) is 9.67 Å². The Balaban J connectivity index is 2.13. The molecule has 2 aromatic rings. The molecule has 0 radical (unpaired) electrons. The molecular formula is C13H17N5O.